The van der Waals surface area contributed by atoms with E-state index in [1.165, 1.54) is 5.56 Å². The lowest BCUT2D eigenvalue weighted by molar-refractivity contribution is 0.0943. The molecule has 0 spiro atoms. The van der Waals surface area contributed by atoms with Crippen molar-refractivity contribution in [3.8, 4) is 0 Å². The van der Waals surface area contributed by atoms with Crippen LogP contribution in [0.3, 0.4) is 0 Å². The van der Waals surface area contributed by atoms with Crippen molar-refractivity contribution in [2.45, 2.75) is 53.0 Å². The molecule has 0 aliphatic carbocycles. The Morgan fingerprint density at radius 3 is 2.23 bits per heavy atom. The molecule has 1 heterocycles. The second kappa shape index (κ2) is 10.3. The minimum Gasteiger partial charge on any atom is -0.371 e. The molecule has 6 nitrogen and oxygen atoms in total. The van der Waals surface area contributed by atoms with Crippen LogP contribution in [0.2, 0.25) is 0 Å². The van der Waals surface area contributed by atoms with Crippen molar-refractivity contribution < 1.29 is 9.59 Å². The Morgan fingerprint density at radius 1 is 1.00 bits per heavy atom. The van der Waals surface area contributed by atoms with Gasteiger partial charge in [-0.2, -0.15) is 0 Å². The Morgan fingerprint density at radius 2 is 1.61 bits per heavy atom. The summed E-state index contributed by atoms with van der Waals surface area (Å²) in [5.74, 6) is 0.586. The van der Waals surface area contributed by atoms with Crippen LogP contribution in [-0.4, -0.2) is 31.1 Å². The highest BCUT2D eigenvalue weighted by molar-refractivity contribution is 6.04. The van der Waals surface area contributed by atoms with Crippen LogP contribution in [0.5, 0.6) is 0 Å². The van der Waals surface area contributed by atoms with Crippen molar-refractivity contribution in [2.75, 3.05) is 28.6 Å². The van der Waals surface area contributed by atoms with Gasteiger partial charge in [0, 0.05) is 36.2 Å². The number of nitrogens with zero attached hydrogens (tertiary/aromatic N) is 1. The first-order chi connectivity index (χ1) is 14.9. The SMILES string of the molecule is CCc1ccc(NC(=O)Nc2ccc(N3CCC(C)CC3)c(C(=O)NC(C)C)c2)cc1. The summed E-state index contributed by atoms with van der Waals surface area (Å²) in [6, 6.07) is 13.0. The zero-order valence-corrected chi connectivity index (χ0v) is 19.0. The Kier molecular flexibility index (Phi) is 7.55. The quantitative estimate of drug-likeness (QED) is 0.594. The van der Waals surface area contributed by atoms with Crippen LogP contribution in [-0.2, 0) is 6.42 Å². The molecule has 3 rings (SSSR count). The second-order valence-corrected chi connectivity index (χ2v) is 8.66. The highest BCUT2D eigenvalue weighted by atomic mass is 16.2. The second-order valence-electron chi connectivity index (χ2n) is 8.66. The van der Waals surface area contributed by atoms with Crippen molar-refractivity contribution in [1.82, 2.24) is 5.32 Å². The number of hydrogen-bond acceptors (Lipinski definition) is 3. The number of piperidine rings is 1. The summed E-state index contributed by atoms with van der Waals surface area (Å²) in [5, 5.41) is 8.69. The maximum atomic E-state index is 12.9. The van der Waals surface area contributed by atoms with E-state index in [0.29, 0.717) is 17.2 Å². The fourth-order valence-corrected chi connectivity index (χ4v) is 3.78. The third-order valence-corrected chi connectivity index (χ3v) is 5.66. The van der Waals surface area contributed by atoms with E-state index in [2.05, 4.69) is 34.7 Å². The minimum atomic E-state index is -0.334. The number of nitrogens with one attached hydrogen (secondary N) is 3. The number of amides is 3. The number of rotatable bonds is 6. The van der Waals surface area contributed by atoms with Gasteiger partial charge in [-0.1, -0.05) is 26.0 Å². The van der Waals surface area contributed by atoms with E-state index < -0.39 is 0 Å². The van der Waals surface area contributed by atoms with Gasteiger partial charge in [0.25, 0.3) is 5.91 Å². The van der Waals surface area contributed by atoms with Gasteiger partial charge >= 0.3 is 6.03 Å². The molecule has 0 atom stereocenters. The summed E-state index contributed by atoms with van der Waals surface area (Å²) >= 11 is 0. The van der Waals surface area contributed by atoms with E-state index in [1.54, 1.807) is 6.07 Å². The molecule has 0 unspecified atom stereocenters. The van der Waals surface area contributed by atoms with Crippen LogP contribution in [0.4, 0.5) is 21.9 Å². The average molecular weight is 423 g/mol. The molecule has 0 aromatic heterocycles. The average Bonchev–Trinajstić information content (AvgIpc) is 2.74. The topological polar surface area (TPSA) is 73.5 Å². The van der Waals surface area contributed by atoms with E-state index >= 15 is 0 Å². The van der Waals surface area contributed by atoms with Crippen LogP contribution in [0.1, 0.15) is 56.5 Å². The van der Waals surface area contributed by atoms with Gasteiger partial charge < -0.3 is 20.9 Å². The lowest BCUT2D eigenvalue weighted by Gasteiger charge is -2.33. The Hall–Kier alpha value is -3.02. The van der Waals surface area contributed by atoms with Gasteiger partial charge in [-0.15, -0.1) is 0 Å². The first-order valence-corrected chi connectivity index (χ1v) is 11.2. The van der Waals surface area contributed by atoms with Gasteiger partial charge in [-0.25, -0.2) is 4.79 Å². The van der Waals surface area contributed by atoms with Gasteiger partial charge in [-0.3, -0.25) is 4.79 Å². The fraction of sp³-hybridized carbons (Fsp3) is 0.440. The molecule has 2 aromatic carbocycles. The molecule has 1 aliphatic heterocycles. The monoisotopic (exact) mass is 422 g/mol. The first kappa shape index (κ1) is 22.7. The smallest absolute Gasteiger partial charge is 0.323 e. The summed E-state index contributed by atoms with van der Waals surface area (Å²) in [6.07, 6.45) is 3.19. The number of aryl methyl sites for hydroxylation is 1. The number of carbonyl (C=O) groups excluding carboxylic acids is 2. The molecule has 3 N–H and O–H groups in total. The molecule has 2 aromatic rings. The summed E-state index contributed by atoms with van der Waals surface area (Å²) in [7, 11) is 0. The van der Waals surface area contributed by atoms with Gasteiger partial charge in [0.2, 0.25) is 0 Å². The lowest BCUT2D eigenvalue weighted by Crippen LogP contribution is -2.36. The number of anilines is 3. The van der Waals surface area contributed by atoms with Crippen molar-refractivity contribution in [3.05, 3.63) is 53.6 Å². The van der Waals surface area contributed by atoms with Crippen LogP contribution >= 0.6 is 0 Å². The highest BCUT2D eigenvalue weighted by Gasteiger charge is 2.22. The van der Waals surface area contributed by atoms with Crippen molar-refractivity contribution in [1.29, 1.82) is 0 Å². The zero-order chi connectivity index (χ0) is 22.4. The predicted molar refractivity (Wildman–Crippen MR) is 128 cm³/mol. The molecule has 6 heteroatoms. The third kappa shape index (κ3) is 6.23. The van der Waals surface area contributed by atoms with Gasteiger partial charge in [0.1, 0.15) is 0 Å². The maximum absolute atomic E-state index is 12.9. The van der Waals surface area contributed by atoms with Crippen LogP contribution in [0.25, 0.3) is 0 Å². The Balaban J connectivity index is 1.76. The van der Waals surface area contributed by atoms with E-state index in [0.717, 1.165) is 43.7 Å². The molecule has 0 radical (unpaired) electrons. The van der Waals surface area contributed by atoms with E-state index in [-0.39, 0.29) is 18.0 Å². The molecule has 166 valence electrons. The minimum absolute atomic E-state index is 0.0349. The number of urea groups is 1. The van der Waals surface area contributed by atoms with E-state index in [1.807, 2.05) is 50.2 Å². The van der Waals surface area contributed by atoms with Gasteiger partial charge in [0.15, 0.2) is 0 Å². The lowest BCUT2D eigenvalue weighted by atomic mass is 9.97. The van der Waals surface area contributed by atoms with Crippen molar-refractivity contribution in [2.24, 2.45) is 5.92 Å². The molecule has 1 aliphatic rings. The van der Waals surface area contributed by atoms with Gasteiger partial charge in [-0.05, 0) is 74.9 Å². The first-order valence-electron chi connectivity index (χ1n) is 11.2. The number of benzene rings is 2. The van der Waals surface area contributed by atoms with Gasteiger partial charge in [0.05, 0.1) is 5.56 Å². The predicted octanol–water partition coefficient (Wildman–Crippen LogP) is 5.27. The standard InChI is InChI=1S/C25H34N4O2/c1-5-19-6-8-20(9-7-19)27-25(31)28-21-10-11-23(29-14-12-18(4)13-15-29)22(16-21)24(30)26-17(2)3/h6-11,16-18H,5,12-15H2,1-4H3,(H,26,30)(H2,27,28,31). The molecule has 31 heavy (non-hydrogen) atoms. The molecule has 1 fully saturated rings. The highest BCUT2D eigenvalue weighted by Crippen LogP contribution is 2.29. The summed E-state index contributed by atoms with van der Waals surface area (Å²) in [5.41, 5.74) is 4.05. The van der Waals surface area contributed by atoms with Crippen molar-refractivity contribution >= 4 is 29.0 Å². The normalized spacial score (nSPS) is 14.4. The van der Waals surface area contributed by atoms with Crippen molar-refractivity contribution in [3.63, 3.8) is 0 Å². The Labute approximate surface area is 185 Å². The molecular formula is C25H34N4O2. The van der Waals surface area contributed by atoms with E-state index in [4.69, 9.17) is 0 Å². The summed E-state index contributed by atoms with van der Waals surface area (Å²) < 4.78 is 0. The number of carbonyl (C=O) groups is 2. The van der Waals surface area contributed by atoms with Crippen LogP contribution < -0.4 is 20.9 Å². The van der Waals surface area contributed by atoms with E-state index in [9.17, 15) is 9.59 Å². The van der Waals surface area contributed by atoms with Crippen LogP contribution in [0, 0.1) is 5.92 Å². The zero-order valence-electron chi connectivity index (χ0n) is 19.0. The summed E-state index contributed by atoms with van der Waals surface area (Å²) in [4.78, 5) is 27.7. The largest absolute Gasteiger partial charge is 0.371 e. The number of hydrogen-bond donors (Lipinski definition) is 3. The molecular weight excluding hydrogens is 388 g/mol. The van der Waals surface area contributed by atoms with Crippen LogP contribution in [0.15, 0.2) is 42.5 Å². The molecule has 0 saturated carbocycles. The third-order valence-electron chi connectivity index (χ3n) is 5.66. The molecule has 1 saturated heterocycles. The summed E-state index contributed by atoms with van der Waals surface area (Å²) in [6.45, 7) is 10.1. The maximum Gasteiger partial charge on any atom is 0.323 e. The Bertz CT molecular complexity index is 900. The fourth-order valence-electron chi connectivity index (χ4n) is 3.78. The molecule has 3 amide bonds. The molecule has 0 bridgehead atoms.